The normalized spacial score (nSPS) is 17.8. The average Bonchev–Trinajstić information content (AvgIpc) is 2.94. The van der Waals surface area contributed by atoms with Gasteiger partial charge in [0.1, 0.15) is 0 Å². The van der Waals surface area contributed by atoms with Crippen LogP contribution in [0, 0.1) is 13.8 Å². The Morgan fingerprint density at radius 2 is 2.10 bits per heavy atom. The van der Waals surface area contributed by atoms with Crippen molar-refractivity contribution >= 4 is 22.7 Å². The molecule has 0 saturated carbocycles. The molecular weight excluding hydrogens is 264 g/mol. The summed E-state index contributed by atoms with van der Waals surface area (Å²) < 4.78 is 0. The van der Waals surface area contributed by atoms with E-state index < -0.39 is 0 Å². The first kappa shape index (κ1) is 13.5. The van der Waals surface area contributed by atoms with Crippen LogP contribution in [0.15, 0.2) is 29.6 Å². The van der Waals surface area contributed by atoms with E-state index in [0.717, 1.165) is 13.1 Å². The molecule has 1 atom stereocenters. The lowest BCUT2D eigenvalue weighted by atomic mass is 10.0. The van der Waals surface area contributed by atoms with Gasteiger partial charge in [0.05, 0.1) is 17.9 Å². The van der Waals surface area contributed by atoms with Crippen molar-refractivity contribution < 1.29 is 0 Å². The van der Waals surface area contributed by atoms with Gasteiger partial charge in [-0.25, -0.2) is 0 Å². The lowest BCUT2D eigenvalue weighted by molar-refractivity contribution is 0.582. The Kier molecular flexibility index (Phi) is 3.70. The largest absolute Gasteiger partial charge is 0.381 e. The third kappa shape index (κ3) is 2.42. The maximum atomic E-state index is 3.60. The van der Waals surface area contributed by atoms with E-state index in [4.69, 9.17) is 0 Å². The van der Waals surface area contributed by atoms with Gasteiger partial charge in [0.2, 0.25) is 0 Å². The summed E-state index contributed by atoms with van der Waals surface area (Å²) in [5.74, 6) is 0. The molecule has 1 aliphatic rings. The molecule has 1 aromatic carbocycles. The van der Waals surface area contributed by atoms with Gasteiger partial charge in [-0.3, -0.25) is 0 Å². The summed E-state index contributed by atoms with van der Waals surface area (Å²) in [6.45, 7) is 8.73. The fraction of sp³-hybridized carbons (Fsp3) is 0.412. The number of rotatable bonds is 3. The van der Waals surface area contributed by atoms with Gasteiger partial charge >= 0.3 is 0 Å². The van der Waals surface area contributed by atoms with Crippen LogP contribution in [0.5, 0.6) is 0 Å². The first-order valence-electron chi connectivity index (χ1n) is 7.33. The lowest BCUT2D eigenvalue weighted by Gasteiger charge is -2.39. The van der Waals surface area contributed by atoms with Gasteiger partial charge < -0.3 is 10.2 Å². The second kappa shape index (κ2) is 5.49. The number of nitrogens with zero attached hydrogens (tertiary/aromatic N) is 1. The van der Waals surface area contributed by atoms with Crippen molar-refractivity contribution in [2.24, 2.45) is 0 Å². The van der Waals surface area contributed by atoms with Crippen molar-refractivity contribution in [1.29, 1.82) is 0 Å². The first-order chi connectivity index (χ1) is 9.69. The summed E-state index contributed by atoms with van der Waals surface area (Å²) in [6.07, 6.45) is 1.17. The molecule has 0 bridgehead atoms. The fourth-order valence-electron chi connectivity index (χ4n) is 2.86. The maximum absolute atomic E-state index is 3.60. The molecule has 1 aromatic heterocycles. The van der Waals surface area contributed by atoms with E-state index in [0.29, 0.717) is 6.04 Å². The summed E-state index contributed by atoms with van der Waals surface area (Å²) in [4.78, 5) is 4.01. The minimum atomic E-state index is 0.576. The molecule has 1 N–H and O–H groups in total. The number of anilines is 2. The summed E-state index contributed by atoms with van der Waals surface area (Å²) in [5.41, 5.74) is 5.38. The van der Waals surface area contributed by atoms with E-state index in [9.17, 15) is 0 Å². The first-order valence-corrected chi connectivity index (χ1v) is 8.21. The van der Waals surface area contributed by atoms with E-state index in [1.54, 1.807) is 0 Å². The van der Waals surface area contributed by atoms with Crippen molar-refractivity contribution in [2.75, 3.05) is 16.8 Å². The molecule has 0 fully saturated rings. The topological polar surface area (TPSA) is 15.3 Å². The Labute approximate surface area is 125 Å². The highest BCUT2D eigenvalue weighted by atomic mass is 32.1. The molecular formula is C17H22N2S. The third-order valence-corrected chi connectivity index (χ3v) is 5.13. The minimum absolute atomic E-state index is 0.576. The minimum Gasteiger partial charge on any atom is -0.381 e. The van der Waals surface area contributed by atoms with Crippen LogP contribution in [-0.2, 0) is 6.54 Å². The Bertz CT molecular complexity index is 589. The third-order valence-electron chi connectivity index (χ3n) is 4.27. The molecule has 3 heteroatoms. The van der Waals surface area contributed by atoms with Crippen molar-refractivity contribution in [3.05, 3.63) is 45.6 Å². The zero-order chi connectivity index (χ0) is 14.1. The van der Waals surface area contributed by atoms with Gasteiger partial charge in [-0.05, 0) is 55.0 Å². The maximum Gasteiger partial charge on any atom is 0.0611 e. The number of nitrogens with one attached hydrogen (secondary N) is 1. The predicted molar refractivity (Wildman–Crippen MR) is 89.0 cm³/mol. The molecule has 20 heavy (non-hydrogen) atoms. The van der Waals surface area contributed by atoms with Crippen LogP contribution in [0.3, 0.4) is 0 Å². The van der Waals surface area contributed by atoms with E-state index in [1.807, 2.05) is 11.3 Å². The van der Waals surface area contributed by atoms with Crippen molar-refractivity contribution in [3.63, 3.8) is 0 Å². The SMILES string of the molecule is CCC1CNc2cc(C)c(C)cc2N1Cc1cccs1. The molecule has 0 radical (unpaired) electrons. The summed E-state index contributed by atoms with van der Waals surface area (Å²) >= 11 is 1.85. The standard InChI is InChI=1S/C17H22N2S/c1-4-14-10-18-16-8-12(2)13(3)9-17(16)19(14)11-15-6-5-7-20-15/h5-9,14,18H,4,10-11H2,1-3H3. The van der Waals surface area contributed by atoms with Crippen molar-refractivity contribution in [2.45, 2.75) is 39.8 Å². The number of hydrogen-bond acceptors (Lipinski definition) is 3. The van der Waals surface area contributed by atoms with E-state index >= 15 is 0 Å². The van der Waals surface area contributed by atoms with Gasteiger partial charge in [-0.1, -0.05) is 13.0 Å². The molecule has 0 spiro atoms. The summed E-state index contributed by atoms with van der Waals surface area (Å²) in [5, 5.41) is 5.77. The second-order valence-corrected chi connectivity index (χ2v) is 6.64. The van der Waals surface area contributed by atoms with E-state index in [2.05, 4.69) is 60.6 Å². The molecule has 2 heterocycles. The number of aryl methyl sites for hydroxylation is 2. The van der Waals surface area contributed by atoms with Crippen molar-refractivity contribution in [3.8, 4) is 0 Å². The average molecular weight is 286 g/mol. The molecule has 0 amide bonds. The van der Waals surface area contributed by atoms with Crippen LogP contribution >= 0.6 is 11.3 Å². The fourth-order valence-corrected chi connectivity index (χ4v) is 3.57. The molecule has 106 valence electrons. The molecule has 2 nitrogen and oxygen atoms in total. The smallest absolute Gasteiger partial charge is 0.0611 e. The van der Waals surface area contributed by atoms with Gasteiger partial charge in [-0.15, -0.1) is 11.3 Å². The Morgan fingerprint density at radius 1 is 1.30 bits per heavy atom. The van der Waals surface area contributed by atoms with Crippen LogP contribution in [0.1, 0.15) is 29.3 Å². The quantitative estimate of drug-likeness (QED) is 0.888. The zero-order valence-corrected chi connectivity index (χ0v) is 13.3. The van der Waals surface area contributed by atoms with Crippen LogP contribution in [-0.4, -0.2) is 12.6 Å². The van der Waals surface area contributed by atoms with Gasteiger partial charge in [0.25, 0.3) is 0 Å². The van der Waals surface area contributed by atoms with Crippen molar-refractivity contribution in [1.82, 2.24) is 0 Å². The Hall–Kier alpha value is -1.48. The lowest BCUT2D eigenvalue weighted by Crippen LogP contribution is -2.43. The molecule has 3 rings (SSSR count). The van der Waals surface area contributed by atoms with Crippen LogP contribution in [0.25, 0.3) is 0 Å². The second-order valence-electron chi connectivity index (χ2n) is 5.60. The van der Waals surface area contributed by atoms with E-state index in [-0.39, 0.29) is 0 Å². The van der Waals surface area contributed by atoms with Crippen LogP contribution in [0.2, 0.25) is 0 Å². The van der Waals surface area contributed by atoms with E-state index in [1.165, 1.54) is 33.8 Å². The summed E-state index contributed by atoms with van der Waals surface area (Å²) in [6, 6.07) is 9.59. The van der Waals surface area contributed by atoms with Gasteiger partial charge in [0, 0.05) is 17.5 Å². The van der Waals surface area contributed by atoms with Crippen LogP contribution < -0.4 is 10.2 Å². The molecule has 1 unspecified atom stereocenters. The number of benzene rings is 1. The number of hydrogen-bond donors (Lipinski definition) is 1. The Morgan fingerprint density at radius 3 is 2.80 bits per heavy atom. The molecule has 2 aromatic rings. The Balaban J connectivity index is 1.99. The monoisotopic (exact) mass is 286 g/mol. The van der Waals surface area contributed by atoms with Crippen LogP contribution in [0.4, 0.5) is 11.4 Å². The zero-order valence-electron chi connectivity index (χ0n) is 12.4. The number of fused-ring (bicyclic) bond motifs is 1. The molecule has 0 saturated heterocycles. The molecule has 0 aliphatic carbocycles. The highest BCUT2D eigenvalue weighted by molar-refractivity contribution is 7.09. The van der Waals surface area contributed by atoms with Gasteiger partial charge in [0.15, 0.2) is 0 Å². The highest BCUT2D eigenvalue weighted by Gasteiger charge is 2.25. The summed E-state index contributed by atoms with van der Waals surface area (Å²) in [7, 11) is 0. The van der Waals surface area contributed by atoms with Gasteiger partial charge in [-0.2, -0.15) is 0 Å². The predicted octanol–water partition coefficient (Wildman–Crippen LogP) is 4.58. The number of thiophene rings is 1. The molecule has 1 aliphatic heterocycles. The highest BCUT2D eigenvalue weighted by Crippen LogP contribution is 2.36.